The van der Waals surface area contributed by atoms with E-state index >= 15 is 0 Å². The largest absolute Gasteiger partial charge is 0.393 e. The van der Waals surface area contributed by atoms with Crippen molar-refractivity contribution in [1.82, 2.24) is 15.1 Å². The van der Waals surface area contributed by atoms with Crippen molar-refractivity contribution in [3.05, 3.63) is 11.8 Å². The monoisotopic (exact) mass is 291 g/mol. The third kappa shape index (κ3) is 4.20. The fourth-order valence-corrected chi connectivity index (χ4v) is 2.59. The molecule has 0 aliphatic heterocycles. The zero-order valence-electron chi connectivity index (χ0n) is 12.2. The lowest BCUT2D eigenvalue weighted by Crippen LogP contribution is -2.35. The first-order chi connectivity index (χ1) is 10.1. The van der Waals surface area contributed by atoms with Crippen LogP contribution in [0.25, 0.3) is 0 Å². The number of aromatic nitrogens is 2. The molecule has 0 bridgehead atoms. The maximum absolute atomic E-state index is 11.8. The summed E-state index contributed by atoms with van der Waals surface area (Å²) in [6, 6.07) is 3.51. The Balaban J connectivity index is 1.81. The van der Waals surface area contributed by atoms with E-state index in [1.807, 2.05) is 6.92 Å². The van der Waals surface area contributed by atoms with Crippen LogP contribution in [0, 0.1) is 24.2 Å². The first-order valence-electron chi connectivity index (χ1n) is 7.24. The number of hydrogen-bond acceptors (Lipinski definition) is 4. The zero-order valence-corrected chi connectivity index (χ0v) is 12.2. The highest BCUT2D eigenvalue weighted by molar-refractivity contribution is 5.88. The van der Waals surface area contributed by atoms with Crippen LogP contribution in [-0.4, -0.2) is 33.6 Å². The van der Waals surface area contributed by atoms with E-state index in [4.69, 9.17) is 5.26 Å². The molecule has 0 radical (unpaired) electrons. The van der Waals surface area contributed by atoms with Crippen molar-refractivity contribution >= 4 is 11.8 Å². The van der Waals surface area contributed by atoms with Crippen molar-refractivity contribution in [1.29, 1.82) is 5.26 Å². The minimum atomic E-state index is -0.320. The van der Waals surface area contributed by atoms with Gasteiger partial charge in [0.2, 0.25) is 0 Å². The molecule has 1 saturated carbocycles. The van der Waals surface area contributed by atoms with Crippen molar-refractivity contribution in [2.45, 2.75) is 45.3 Å². The lowest BCUT2D eigenvalue weighted by Gasteiger charge is -2.14. The van der Waals surface area contributed by atoms with Crippen LogP contribution in [0.5, 0.6) is 0 Å². The van der Waals surface area contributed by atoms with E-state index in [0.29, 0.717) is 25.3 Å². The predicted octanol–water partition coefficient (Wildman–Crippen LogP) is 1.39. The number of aliphatic hydroxyl groups excluding tert-OH is 1. The number of aliphatic hydroxyl groups is 1. The maximum Gasteiger partial charge on any atom is 0.320 e. The van der Waals surface area contributed by atoms with Crippen LogP contribution in [-0.2, 0) is 6.54 Å². The lowest BCUT2D eigenvalue weighted by atomic mass is 10.1. The lowest BCUT2D eigenvalue weighted by molar-refractivity contribution is 0.133. The molecule has 1 aromatic rings. The van der Waals surface area contributed by atoms with Gasteiger partial charge < -0.3 is 10.4 Å². The van der Waals surface area contributed by atoms with Gasteiger partial charge in [0.25, 0.3) is 0 Å². The number of nitrogens with zero attached hydrogens (tertiary/aromatic N) is 3. The van der Waals surface area contributed by atoms with E-state index in [2.05, 4.69) is 21.8 Å². The first kappa shape index (κ1) is 15.3. The molecule has 1 aromatic heterocycles. The van der Waals surface area contributed by atoms with E-state index in [9.17, 15) is 9.90 Å². The Bertz CT molecular complexity index is 534. The average Bonchev–Trinajstić information content (AvgIpc) is 3.00. The summed E-state index contributed by atoms with van der Waals surface area (Å²) in [7, 11) is 0. The van der Waals surface area contributed by atoms with E-state index in [0.717, 1.165) is 25.0 Å². The number of aryl methyl sites for hydroxylation is 2. The summed E-state index contributed by atoms with van der Waals surface area (Å²) in [5, 5.41) is 27.9. The molecular formula is C14H21N5O2. The number of hydrogen-bond donors (Lipinski definition) is 3. The Morgan fingerprint density at radius 1 is 1.62 bits per heavy atom. The van der Waals surface area contributed by atoms with Crippen molar-refractivity contribution in [3.8, 4) is 6.07 Å². The van der Waals surface area contributed by atoms with Gasteiger partial charge >= 0.3 is 6.03 Å². The highest BCUT2D eigenvalue weighted by Gasteiger charge is 2.25. The van der Waals surface area contributed by atoms with Gasteiger partial charge in [0, 0.05) is 24.2 Å². The van der Waals surface area contributed by atoms with E-state index in [-0.39, 0.29) is 18.1 Å². The molecule has 0 unspecified atom stereocenters. The van der Waals surface area contributed by atoms with Crippen LogP contribution in [0.3, 0.4) is 0 Å². The average molecular weight is 291 g/mol. The van der Waals surface area contributed by atoms with Crippen LogP contribution in [0.15, 0.2) is 6.07 Å². The summed E-state index contributed by atoms with van der Waals surface area (Å²) in [6.45, 7) is 2.86. The molecule has 3 N–H and O–H groups in total. The quantitative estimate of drug-likeness (QED) is 0.762. The van der Waals surface area contributed by atoms with Crippen LogP contribution in [0.1, 0.15) is 31.4 Å². The number of anilines is 1. The van der Waals surface area contributed by atoms with Gasteiger partial charge in [-0.3, -0.25) is 10.00 Å². The van der Waals surface area contributed by atoms with E-state index < -0.39 is 0 Å². The van der Waals surface area contributed by atoms with E-state index in [1.165, 1.54) is 0 Å². The topological polar surface area (TPSA) is 103 Å². The van der Waals surface area contributed by atoms with Gasteiger partial charge in [0.1, 0.15) is 0 Å². The highest BCUT2D eigenvalue weighted by atomic mass is 16.3. The Hall–Kier alpha value is -2.07. The second kappa shape index (κ2) is 7.09. The smallest absolute Gasteiger partial charge is 0.320 e. The molecule has 1 heterocycles. The van der Waals surface area contributed by atoms with Crippen LogP contribution >= 0.6 is 0 Å². The summed E-state index contributed by atoms with van der Waals surface area (Å²) in [6.07, 6.45) is 2.85. The molecule has 0 saturated heterocycles. The Labute approximate surface area is 123 Å². The summed E-state index contributed by atoms with van der Waals surface area (Å²) in [5.41, 5.74) is 0.895. The zero-order chi connectivity index (χ0) is 15.2. The fraction of sp³-hybridized carbons (Fsp3) is 0.643. The maximum atomic E-state index is 11.8. The number of nitriles is 1. The standard InChI is InChI=1S/C14H21N5O2/c1-10-8-13(18-19(10)7-3-6-15)17-14(21)16-9-11-4-2-5-12(11)20/h8,11-12,20H,2-5,7,9H2,1H3,(H2,16,17,18,21)/t11-,12-/m0/s1. The normalized spacial score (nSPS) is 21.0. The van der Waals surface area contributed by atoms with Crippen molar-refractivity contribution in [2.75, 3.05) is 11.9 Å². The molecule has 2 atom stereocenters. The molecule has 21 heavy (non-hydrogen) atoms. The molecule has 2 rings (SSSR count). The second-order valence-corrected chi connectivity index (χ2v) is 5.40. The molecule has 0 aromatic carbocycles. The Morgan fingerprint density at radius 2 is 2.43 bits per heavy atom. The Kier molecular flexibility index (Phi) is 5.17. The van der Waals surface area contributed by atoms with E-state index in [1.54, 1.807) is 10.7 Å². The fourth-order valence-electron chi connectivity index (χ4n) is 2.59. The number of nitrogens with one attached hydrogen (secondary N) is 2. The molecule has 7 nitrogen and oxygen atoms in total. The van der Waals surface area contributed by atoms with Gasteiger partial charge in [-0.05, 0) is 19.8 Å². The number of amides is 2. The SMILES string of the molecule is Cc1cc(NC(=O)NC[C@@H]2CCC[C@@H]2O)nn1CCC#N. The summed E-state index contributed by atoms with van der Waals surface area (Å²) >= 11 is 0. The van der Waals surface area contributed by atoms with Crippen LogP contribution in [0.4, 0.5) is 10.6 Å². The van der Waals surface area contributed by atoms with Gasteiger partial charge in [-0.1, -0.05) is 6.42 Å². The predicted molar refractivity (Wildman–Crippen MR) is 77.6 cm³/mol. The molecule has 1 aliphatic rings. The van der Waals surface area contributed by atoms with Crippen LogP contribution in [0.2, 0.25) is 0 Å². The summed E-state index contributed by atoms with van der Waals surface area (Å²) in [5.74, 6) is 0.612. The number of urea groups is 1. The van der Waals surface area contributed by atoms with Crippen LogP contribution < -0.4 is 10.6 Å². The van der Waals surface area contributed by atoms with Gasteiger partial charge in [-0.15, -0.1) is 0 Å². The molecule has 7 heteroatoms. The van der Waals surface area contributed by atoms with Gasteiger partial charge in [0.05, 0.1) is 25.1 Å². The first-order valence-corrected chi connectivity index (χ1v) is 7.24. The van der Waals surface area contributed by atoms with Crippen molar-refractivity contribution in [3.63, 3.8) is 0 Å². The van der Waals surface area contributed by atoms with Gasteiger partial charge in [-0.25, -0.2) is 4.79 Å². The highest BCUT2D eigenvalue weighted by Crippen LogP contribution is 2.24. The molecule has 1 aliphatic carbocycles. The van der Waals surface area contributed by atoms with Gasteiger partial charge in [-0.2, -0.15) is 10.4 Å². The molecule has 0 spiro atoms. The number of carbonyl (C=O) groups excluding carboxylic acids is 1. The molecular weight excluding hydrogens is 270 g/mol. The van der Waals surface area contributed by atoms with Gasteiger partial charge in [0.15, 0.2) is 5.82 Å². The molecule has 1 fully saturated rings. The van der Waals surface area contributed by atoms with Crippen molar-refractivity contribution < 1.29 is 9.90 Å². The third-order valence-electron chi connectivity index (χ3n) is 3.80. The minimum Gasteiger partial charge on any atom is -0.393 e. The third-order valence-corrected chi connectivity index (χ3v) is 3.80. The minimum absolute atomic E-state index is 0.144. The Morgan fingerprint density at radius 3 is 3.10 bits per heavy atom. The molecule has 2 amide bonds. The second-order valence-electron chi connectivity index (χ2n) is 5.40. The summed E-state index contributed by atoms with van der Waals surface area (Å²) in [4.78, 5) is 11.8. The van der Waals surface area contributed by atoms with Crippen molar-refractivity contribution in [2.24, 2.45) is 5.92 Å². The summed E-state index contributed by atoms with van der Waals surface area (Å²) < 4.78 is 1.69. The number of rotatable bonds is 5. The number of carbonyl (C=O) groups is 1. The molecule has 114 valence electrons.